The molecule has 0 saturated carbocycles. The van der Waals surface area contributed by atoms with Crippen molar-refractivity contribution < 1.29 is 17.9 Å². The number of Topliss-reactive ketones (excluding diaryl/α,β-unsaturated/α-hetero) is 1. The first-order valence-corrected chi connectivity index (χ1v) is 10.2. The first kappa shape index (κ1) is 18.3. The van der Waals surface area contributed by atoms with Crippen molar-refractivity contribution >= 4 is 33.3 Å². The molecule has 24 heavy (non-hydrogen) atoms. The number of para-hydroxylation sites is 1. The van der Waals surface area contributed by atoms with Gasteiger partial charge in [-0.15, -0.1) is 11.8 Å². The fourth-order valence-electron chi connectivity index (χ4n) is 1.93. The third-order valence-electron chi connectivity index (χ3n) is 3.04. The highest BCUT2D eigenvalue weighted by Crippen LogP contribution is 2.32. The molecule has 0 aliphatic heterocycles. The van der Waals surface area contributed by atoms with Gasteiger partial charge in [0.1, 0.15) is 11.1 Å². The standard InChI is InChI=1S/C16H18N2O4S2/c1-23-16(17)15(19)11-8-9-13(18-24(2,20)21)14(10-11)22-12-6-4-3-5-7-12/h3-10,16,18H,17H2,1-2H3. The van der Waals surface area contributed by atoms with Gasteiger partial charge in [0, 0.05) is 5.56 Å². The van der Waals surface area contributed by atoms with Crippen molar-refractivity contribution in [1.82, 2.24) is 0 Å². The van der Waals surface area contributed by atoms with Crippen LogP contribution in [0.15, 0.2) is 48.5 Å². The fraction of sp³-hybridized carbons (Fsp3) is 0.188. The molecule has 0 aromatic heterocycles. The van der Waals surface area contributed by atoms with E-state index in [1.165, 1.54) is 30.0 Å². The van der Waals surface area contributed by atoms with Gasteiger partial charge in [-0.1, -0.05) is 18.2 Å². The number of benzene rings is 2. The monoisotopic (exact) mass is 366 g/mol. The van der Waals surface area contributed by atoms with Crippen molar-refractivity contribution in [3.63, 3.8) is 0 Å². The predicted molar refractivity (Wildman–Crippen MR) is 97.2 cm³/mol. The Morgan fingerprint density at radius 3 is 2.46 bits per heavy atom. The van der Waals surface area contributed by atoms with Gasteiger partial charge in [-0.3, -0.25) is 9.52 Å². The minimum Gasteiger partial charge on any atom is -0.455 e. The smallest absolute Gasteiger partial charge is 0.229 e. The Labute approximate surface area is 145 Å². The molecule has 3 N–H and O–H groups in total. The molecular formula is C16H18N2O4S2. The Morgan fingerprint density at radius 1 is 1.21 bits per heavy atom. The van der Waals surface area contributed by atoms with E-state index in [1.807, 2.05) is 6.07 Å². The van der Waals surface area contributed by atoms with Crippen LogP contribution in [0.4, 0.5) is 5.69 Å². The van der Waals surface area contributed by atoms with Crippen molar-refractivity contribution in [1.29, 1.82) is 0 Å². The van der Waals surface area contributed by atoms with Gasteiger partial charge in [0.2, 0.25) is 10.0 Å². The van der Waals surface area contributed by atoms with Crippen molar-refractivity contribution in [3.8, 4) is 11.5 Å². The number of carbonyl (C=O) groups is 1. The van der Waals surface area contributed by atoms with Gasteiger partial charge in [-0.2, -0.15) is 0 Å². The summed E-state index contributed by atoms with van der Waals surface area (Å²) in [5.74, 6) is 0.491. The maximum atomic E-state index is 12.2. The number of thioether (sulfide) groups is 1. The number of nitrogens with two attached hydrogens (primary N) is 1. The second-order valence-corrected chi connectivity index (χ2v) is 7.75. The summed E-state index contributed by atoms with van der Waals surface area (Å²) in [7, 11) is -3.49. The first-order valence-electron chi connectivity index (χ1n) is 6.97. The summed E-state index contributed by atoms with van der Waals surface area (Å²) in [5, 5.41) is -0.691. The highest BCUT2D eigenvalue weighted by molar-refractivity contribution is 7.99. The van der Waals surface area contributed by atoms with E-state index >= 15 is 0 Å². The maximum absolute atomic E-state index is 12.2. The SMILES string of the molecule is CSC(N)C(=O)c1ccc(NS(C)(=O)=O)c(Oc2ccccc2)c1. The quantitative estimate of drug-likeness (QED) is 0.577. The molecule has 0 bridgehead atoms. The van der Waals surface area contributed by atoms with Crippen LogP contribution in [0.1, 0.15) is 10.4 Å². The summed E-state index contributed by atoms with van der Waals surface area (Å²) >= 11 is 1.23. The second-order valence-electron chi connectivity index (χ2n) is 5.02. The molecule has 0 radical (unpaired) electrons. The summed E-state index contributed by atoms with van der Waals surface area (Å²) < 4.78 is 31.2. The molecular weight excluding hydrogens is 348 g/mol. The lowest BCUT2D eigenvalue weighted by atomic mass is 10.1. The molecule has 8 heteroatoms. The Kier molecular flexibility index (Phi) is 5.87. The number of anilines is 1. The molecule has 0 saturated heterocycles. The lowest BCUT2D eigenvalue weighted by molar-refractivity contribution is 0.0990. The Balaban J connectivity index is 2.43. The van der Waals surface area contributed by atoms with Crippen LogP contribution in [0.5, 0.6) is 11.5 Å². The number of sulfonamides is 1. The minimum absolute atomic E-state index is 0.228. The summed E-state index contributed by atoms with van der Waals surface area (Å²) in [6.07, 6.45) is 2.78. The number of ether oxygens (including phenoxy) is 1. The molecule has 6 nitrogen and oxygen atoms in total. The second kappa shape index (κ2) is 7.69. The number of hydrogen-bond acceptors (Lipinski definition) is 6. The normalized spacial score (nSPS) is 12.5. The van der Waals surface area contributed by atoms with E-state index in [-0.39, 0.29) is 17.2 Å². The zero-order chi connectivity index (χ0) is 17.7. The average Bonchev–Trinajstić information content (AvgIpc) is 2.54. The van der Waals surface area contributed by atoms with E-state index in [2.05, 4.69) is 4.72 Å². The topological polar surface area (TPSA) is 98.5 Å². The summed E-state index contributed by atoms with van der Waals surface area (Å²) in [6.45, 7) is 0. The number of nitrogens with one attached hydrogen (secondary N) is 1. The molecule has 1 unspecified atom stereocenters. The van der Waals surface area contributed by atoms with E-state index in [4.69, 9.17) is 10.5 Å². The van der Waals surface area contributed by atoms with E-state index < -0.39 is 15.4 Å². The molecule has 0 spiro atoms. The predicted octanol–water partition coefficient (Wildman–Crippen LogP) is 2.68. The van der Waals surface area contributed by atoms with Crippen LogP contribution in [0.25, 0.3) is 0 Å². The molecule has 0 amide bonds. The Hall–Kier alpha value is -2.03. The zero-order valence-electron chi connectivity index (χ0n) is 13.2. The van der Waals surface area contributed by atoms with Crippen molar-refractivity contribution in [2.45, 2.75) is 5.37 Å². The van der Waals surface area contributed by atoms with Crippen molar-refractivity contribution in [2.75, 3.05) is 17.2 Å². The minimum atomic E-state index is -3.49. The third kappa shape index (κ3) is 4.98. The molecule has 2 rings (SSSR count). The fourth-order valence-corrected chi connectivity index (χ4v) is 2.85. The summed E-state index contributed by atoms with van der Waals surface area (Å²) in [5.41, 5.74) is 6.35. The summed E-state index contributed by atoms with van der Waals surface area (Å²) in [6, 6.07) is 13.4. The van der Waals surface area contributed by atoms with E-state index in [1.54, 1.807) is 30.5 Å². The highest BCUT2D eigenvalue weighted by Gasteiger charge is 2.18. The van der Waals surface area contributed by atoms with Crippen molar-refractivity contribution in [2.24, 2.45) is 5.73 Å². The van der Waals surface area contributed by atoms with Gasteiger partial charge in [0.05, 0.1) is 11.9 Å². The number of carbonyl (C=O) groups excluding carboxylic acids is 1. The van der Waals surface area contributed by atoms with Gasteiger partial charge in [-0.25, -0.2) is 8.42 Å². The molecule has 1 atom stereocenters. The Morgan fingerprint density at radius 2 is 1.88 bits per heavy atom. The maximum Gasteiger partial charge on any atom is 0.229 e. The van der Waals surface area contributed by atoms with Crippen LogP contribution in [-0.2, 0) is 10.0 Å². The van der Waals surface area contributed by atoms with Gasteiger partial charge in [0.15, 0.2) is 11.5 Å². The molecule has 2 aromatic carbocycles. The van der Waals surface area contributed by atoms with Crippen LogP contribution in [0.2, 0.25) is 0 Å². The van der Waals surface area contributed by atoms with E-state index in [9.17, 15) is 13.2 Å². The average molecular weight is 366 g/mol. The number of ketones is 1. The van der Waals surface area contributed by atoms with Gasteiger partial charge in [0.25, 0.3) is 0 Å². The van der Waals surface area contributed by atoms with Gasteiger partial charge < -0.3 is 10.5 Å². The van der Waals surface area contributed by atoms with Gasteiger partial charge >= 0.3 is 0 Å². The number of rotatable bonds is 7. The Bertz CT molecular complexity index is 823. The number of hydrogen-bond donors (Lipinski definition) is 2. The van der Waals surface area contributed by atoms with Crippen molar-refractivity contribution in [3.05, 3.63) is 54.1 Å². The molecule has 0 aliphatic carbocycles. The zero-order valence-corrected chi connectivity index (χ0v) is 14.9. The van der Waals surface area contributed by atoms with E-state index in [0.29, 0.717) is 11.3 Å². The lowest BCUT2D eigenvalue weighted by Crippen LogP contribution is -2.26. The molecule has 0 fully saturated rings. The lowest BCUT2D eigenvalue weighted by Gasteiger charge is -2.14. The molecule has 0 heterocycles. The van der Waals surface area contributed by atoms with Crippen LogP contribution in [0, 0.1) is 0 Å². The highest BCUT2D eigenvalue weighted by atomic mass is 32.2. The molecule has 2 aromatic rings. The van der Waals surface area contributed by atoms with Crippen LogP contribution < -0.4 is 15.2 Å². The van der Waals surface area contributed by atoms with Crippen LogP contribution in [-0.4, -0.2) is 32.1 Å². The van der Waals surface area contributed by atoms with E-state index in [0.717, 1.165) is 6.26 Å². The molecule has 128 valence electrons. The van der Waals surface area contributed by atoms with Crippen LogP contribution in [0.3, 0.4) is 0 Å². The largest absolute Gasteiger partial charge is 0.455 e. The van der Waals surface area contributed by atoms with Gasteiger partial charge in [-0.05, 0) is 36.6 Å². The van der Waals surface area contributed by atoms with Crippen LogP contribution >= 0.6 is 11.8 Å². The first-order chi connectivity index (χ1) is 11.3. The molecule has 0 aliphatic rings. The third-order valence-corrected chi connectivity index (χ3v) is 4.36. The summed E-state index contributed by atoms with van der Waals surface area (Å²) in [4.78, 5) is 12.2.